The molecule has 96 valence electrons. The molecule has 2 atom stereocenters. The van der Waals surface area contributed by atoms with Gasteiger partial charge in [-0.1, -0.05) is 13.8 Å². The number of ether oxygens (including phenoxy) is 2. The minimum atomic E-state index is -0.644. The van der Waals surface area contributed by atoms with Gasteiger partial charge in [-0.05, 0) is 6.92 Å². The van der Waals surface area contributed by atoms with Crippen LogP contribution in [0.2, 0.25) is 0 Å². The molecule has 0 radical (unpaired) electrons. The van der Waals surface area contributed by atoms with E-state index in [-0.39, 0.29) is 23.9 Å². The molecule has 0 N–H and O–H groups in total. The van der Waals surface area contributed by atoms with E-state index in [1.165, 1.54) is 6.92 Å². The van der Waals surface area contributed by atoms with E-state index in [2.05, 4.69) is 0 Å². The second kappa shape index (κ2) is 4.18. The molecule has 2 fully saturated rings. The van der Waals surface area contributed by atoms with Gasteiger partial charge < -0.3 is 9.47 Å². The summed E-state index contributed by atoms with van der Waals surface area (Å²) in [6.45, 7) is 6.52. The lowest BCUT2D eigenvalue weighted by Gasteiger charge is -2.47. The Balaban J connectivity index is 2.29. The Bertz CT molecular complexity index is 343. The molecule has 0 aromatic heterocycles. The molecule has 0 bridgehead atoms. The van der Waals surface area contributed by atoms with E-state index in [0.717, 1.165) is 0 Å². The summed E-state index contributed by atoms with van der Waals surface area (Å²) >= 11 is 0. The van der Waals surface area contributed by atoms with Crippen molar-refractivity contribution in [3.05, 3.63) is 0 Å². The van der Waals surface area contributed by atoms with Gasteiger partial charge in [0, 0.05) is 30.6 Å². The average Bonchev–Trinajstić information content (AvgIpc) is 2.71. The van der Waals surface area contributed by atoms with Crippen LogP contribution in [0.3, 0.4) is 0 Å². The van der Waals surface area contributed by atoms with Crippen molar-refractivity contribution < 1.29 is 19.1 Å². The molecule has 1 heterocycles. The quantitative estimate of drug-likeness (QED) is 0.737. The topological polar surface area (TPSA) is 52.6 Å². The van der Waals surface area contributed by atoms with Crippen LogP contribution in [-0.4, -0.2) is 30.6 Å². The minimum Gasteiger partial charge on any atom is -0.347 e. The lowest BCUT2D eigenvalue weighted by molar-refractivity contribution is -0.232. The zero-order chi connectivity index (χ0) is 12.7. The third-order valence-electron chi connectivity index (χ3n) is 4.35. The van der Waals surface area contributed by atoms with Crippen molar-refractivity contribution in [2.24, 2.45) is 11.3 Å². The van der Waals surface area contributed by atoms with Crippen molar-refractivity contribution in [1.82, 2.24) is 0 Å². The van der Waals surface area contributed by atoms with Crippen LogP contribution in [0.5, 0.6) is 0 Å². The summed E-state index contributed by atoms with van der Waals surface area (Å²) < 4.78 is 11.5. The Morgan fingerprint density at radius 3 is 2.53 bits per heavy atom. The summed E-state index contributed by atoms with van der Waals surface area (Å²) in [6.07, 6.45) is 1.33. The van der Waals surface area contributed by atoms with Crippen molar-refractivity contribution >= 4 is 11.6 Å². The van der Waals surface area contributed by atoms with E-state index in [0.29, 0.717) is 26.1 Å². The highest BCUT2D eigenvalue weighted by atomic mass is 16.7. The molecule has 1 spiro atoms. The Morgan fingerprint density at radius 1 is 1.41 bits per heavy atom. The molecular formula is C13H20O4. The van der Waals surface area contributed by atoms with Gasteiger partial charge in [-0.15, -0.1) is 0 Å². The number of carbonyl (C=O) groups excluding carboxylic acids is 2. The van der Waals surface area contributed by atoms with Crippen molar-refractivity contribution in [1.29, 1.82) is 0 Å². The fourth-order valence-corrected chi connectivity index (χ4v) is 3.15. The summed E-state index contributed by atoms with van der Waals surface area (Å²) in [5.41, 5.74) is -0.644. The predicted molar refractivity (Wildman–Crippen MR) is 61.4 cm³/mol. The highest BCUT2D eigenvalue weighted by molar-refractivity contribution is 5.91. The molecule has 0 unspecified atom stereocenters. The van der Waals surface area contributed by atoms with Crippen molar-refractivity contribution in [2.45, 2.75) is 45.8 Å². The molecule has 0 amide bonds. The fourth-order valence-electron chi connectivity index (χ4n) is 3.15. The average molecular weight is 240 g/mol. The van der Waals surface area contributed by atoms with Gasteiger partial charge in [0.05, 0.1) is 13.2 Å². The van der Waals surface area contributed by atoms with Crippen molar-refractivity contribution in [2.75, 3.05) is 13.2 Å². The van der Waals surface area contributed by atoms with Crippen LogP contribution in [0.15, 0.2) is 0 Å². The van der Waals surface area contributed by atoms with Crippen molar-refractivity contribution in [3.8, 4) is 0 Å². The maximum Gasteiger partial charge on any atom is 0.172 e. The third kappa shape index (κ3) is 1.93. The van der Waals surface area contributed by atoms with Gasteiger partial charge in [0.2, 0.25) is 0 Å². The SMILES string of the molecule is CC(=O)C[C@]1(C)C(=O)CCC2(OCCO2)[C@H]1C. The zero-order valence-electron chi connectivity index (χ0n) is 10.7. The fraction of sp³-hybridized carbons (Fsp3) is 0.846. The van der Waals surface area contributed by atoms with Crippen LogP contribution in [0, 0.1) is 11.3 Å². The maximum atomic E-state index is 12.1. The zero-order valence-corrected chi connectivity index (χ0v) is 10.7. The summed E-state index contributed by atoms with van der Waals surface area (Å²) in [6, 6.07) is 0. The smallest absolute Gasteiger partial charge is 0.172 e. The number of hydrogen-bond donors (Lipinski definition) is 0. The van der Waals surface area contributed by atoms with E-state index in [1.807, 2.05) is 13.8 Å². The Labute approximate surface area is 102 Å². The first-order valence-corrected chi connectivity index (χ1v) is 6.21. The van der Waals surface area contributed by atoms with Crippen LogP contribution in [-0.2, 0) is 19.1 Å². The molecule has 1 saturated carbocycles. The number of ketones is 2. The molecule has 0 aromatic carbocycles. The second-order valence-corrected chi connectivity index (χ2v) is 5.45. The molecule has 1 saturated heterocycles. The van der Waals surface area contributed by atoms with Gasteiger partial charge in [-0.3, -0.25) is 9.59 Å². The number of Topliss-reactive ketones (excluding diaryl/α,β-unsaturated/α-hetero) is 2. The number of carbonyl (C=O) groups is 2. The molecule has 0 aromatic rings. The molecule has 4 heteroatoms. The van der Waals surface area contributed by atoms with E-state index >= 15 is 0 Å². The number of hydrogen-bond acceptors (Lipinski definition) is 4. The van der Waals surface area contributed by atoms with Gasteiger partial charge in [-0.25, -0.2) is 0 Å². The monoisotopic (exact) mass is 240 g/mol. The van der Waals surface area contributed by atoms with Crippen LogP contribution < -0.4 is 0 Å². The van der Waals surface area contributed by atoms with Crippen LogP contribution >= 0.6 is 0 Å². The number of rotatable bonds is 2. The van der Waals surface area contributed by atoms with Gasteiger partial charge >= 0.3 is 0 Å². The molecule has 1 aliphatic heterocycles. The summed E-state index contributed by atoms with van der Waals surface area (Å²) in [7, 11) is 0. The van der Waals surface area contributed by atoms with Crippen LogP contribution in [0.25, 0.3) is 0 Å². The normalized spacial score (nSPS) is 36.4. The first-order chi connectivity index (χ1) is 7.91. The standard InChI is InChI=1S/C13H20O4/c1-9(14)8-12(3)10(2)13(5-4-11(12)15)16-6-7-17-13/h10H,4-8H2,1-3H3/t10-,12-/m0/s1. The second-order valence-electron chi connectivity index (χ2n) is 5.45. The predicted octanol–water partition coefficient (Wildman–Crippen LogP) is 1.71. The lowest BCUT2D eigenvalue weighted by atomic mass is 9.62. The molecule has 2 rings (SSSR count). The van der Waals surface area contributed by atoms with Gasteiger partial charge in [0.15, 0.2) is 5.79 Å². The largest absolute Gasteiger partial charge is 0.347 e. The highest BCUT2D eigenvalue weighted by Crippen LogP contribution is 2.50. The van der Waals surface area contributed by atoms with E-state index < -0.39 is 11.2 Å². The Hall–Kier alpha value is -0.740. The third-order valence-corrected chi connectivity index (χ3v) is 4.35. The molecular weight excluding hydrogens is 220 g/mol. The minimum absolute atomic E-state index is 0.0442. The van der Waals surface area contributed by atoms with Gasteiger partial charge in [-0.2, -0.15) is 0 Å². The van der Waals surface area contributed by atoms with Crippen molar-refractivity contribution in [3.63, 3.8) is 0 Å². The van der Waals surface area contributed by atoms with E-state index in [1.54, 1.807) is 0 Å². The van der Waals surface area contributed by atoms with Crippen LogP contribution in [0.1, 0.15) is 40.0 Å². The van der Waals surface area contributed by atoms with E-state index in [9.17, 15) is 9.59 Å². The molecule has 2 aliphatic rings. The molecule has 4 nitrogen and oxygen atoms in total. The van der Waals surface area contributed by atoms with Gasteiger partial charge in [0.25, 0.3) is 0 Å². The maximum absolute atomic E-state index is 12.1. The summed E-state index contributed by atoms with van der Waals surface area (Å²) in [4.78, 5) is 23.5. The van der Waals surface area contributed by atoms with Gasteiger partial charge in [0.1, 0.15) is 11.6 Å². The molecule has 17 heavy (non-hydrogen) atoms. The lowest BCUT2D eigenvalue weighted by Crippen LogP contribution is -2.54. The first-order valence-electron chi connectivity index (χ1n) is 6.21. The van der Waals surface area contributed by atoms with E-state index in [4.69, 9.17) is 9.47 Å². The Kier molecular flexibility index (Phi) is 3.12. The summed E-state index contributed by atoms with van der Waals surface area (Å²) in [5, 5.41) is 0. The van der Waals surface area contributed by atoms with Crippen LogP contribution in [0.4, 0.5) is 0 Å². The Morgan fingerprint density at radius 2 is 2.00 bits per heavy atom. The molecule has 1 aliphatic carbocycles. The summed E-state index contributed by atoms with van der Waals surface area (Å²) in [5.74, 6) is -0.520. The highest BCUT2D eigenvalue weighted by Gasteiger charge is 2.56. The first kappa shape index (κ1) is 12.7.